The SMILES string of the molecule is CCNC1=NCC(c2ccccc2)O1. The van der Waals surface area contributed by atoms with Crippen molar-refractivity contribution in [2.45, 2.75) is 13.0 Å². The van der Waals surface area contributed by atoms with Crippen LogP contribution in [0.25, 0.3) is 0 Å². The molecular formula is C11H14N2O. The highest BCUT2D eigenvalue weighted by Crippen LogP contribution is 2.21. The van der Waals surface area contributed by atoms with Crippen LogP contribution in [-0.4, -0.2) is 19.1 Å². The first-order valence-electron chi connectivity index (χ1n) is 4.90. The van der Waals surface area contributed by atoms with Crippen molar-refractivity contribution < 1.29 is 4.74 Å². The van der Waals surface area contributed by atoms with E-state index in [2.05, 4.69) is 22.4 Å². The first-order chi connectivity index (χ1) is 6.90. The van der Waals surface area contributed by atoms with Crippen molar-refractivity contribution in [3.05, 3.63) is 35.9 Å². The van der Waals surface area contributed by atoms with Crippen LogP contribution < -0.4 is 5.32 Å². The molecule has 0 aromatic heterocycles. The van der Waals surface area contributed by atoms with E-state index >= 15 is 0 Å². The summed E-state index contributed by atoms with van der Waals surface area (Å²) in [7, 11) is 0. The van der Waals surface area contributed by atoms with Gasteiger partial charge in [0.25, 0.3) is 6.02 Å². The van der Waals surface area contributed by atoms with Gasteiger partial charge in [0, 0.05) is 6.54 Å². The zero-order chi connectivity index (χ0) is 9.80. The molecule has 1 atom stereocenters. The van der Waals surface area contributed by atoms with Crippen LogP contribution in [-0.2, 0) is 4.74 Å². The van der Waals surface area contributed by atoms with E-state index in [0.717, 1.165) is 6.54 Å². The summed E-state index contributed by atoms with van der Waals surface area (Å²) < 4.78 is 5.63. The summed E-state index contributed by atoms with van der Waals surface area (Å²) in [5.41, 5.74) is 1.18. The van der Waals surface area contributed by atoms with Gasteiger partial charge in [-0.2, -0.15) is 0 Å². The van der Waals surface area contributed by atoms with Crippen molar-refractivity contribution in [2.24, 2.45) is 4.99 Å². The highest BCUT2D eigenvalue weighted by Gasteiger charge is 2.20. The van der Waals surface area contributed by atoms with Gasteiger partial charge in [-0.3, -0.25) is 0 Å². The topological polar surface area (TPSA) is 33.6 Å². The third-order valence-corrected chi connectivity index (χ3v) is 2.15. The molecule has 1 unspecified atom stereocenters. The fraction of sp³-hybridized carbons (Fsp3) is 0.364. The average molecular weight is 190 g/mol. The van der Waals surface area contributed by atoms with Crippen molar-refractivity contribution >= 4 is 6.02 Å². The van der Waals surface area contributed by atoms with Crippen molar-refractivity contribution in [3.63, 3.8) is 0 Å². The number of aliphatic imine (C=N–C) groups is 1. The molecule has 1 aliphatic heterocycles. The van der Waals surface area contributed by atoms with Crippen LogP contribution >= 0.6 is 0 Å². The second-order valence-corrected chi connectivity index (χ2v) is 3.19. The van der Waals surface area contributed by atoms with Gasteiger partial charge in [-0.05, 0) is 12.5 Å². The minimum Gasteiger partial charge on any atom is -0.455 e. The Labute approximate surface area is 83.8 Å². The van der Waals surface area contributed by atoms with Gasteiger partial charge >= 0.3 is 0 Å². The van der Waals surface area contributed by atoms with Crippen LogP contribution in [0.5, 0.6) is 0 Å². The maximum atomic E-state index is 5.63. The smallest absolute Gasteiger partial charge is 0.285 e. The predicted molar refractivity (Wildman–Crippen MR) is 56.2 cm³/mol. The van der Waals surface area contributed by atoms with E-state index < -0.39 is 0 Å². The first-order valence-corrected chi connectivity index (χ1v) is 4.90. The number of hydrogen-bond donors (Lipinski definition) is 1. The Morgan fingerprint density at radius 1 is 1.43 bits per heavy atom. The molecule has 3 heteroatoms. The van der Waals surface area contributed by atoms with E-state index in [1.165, 1.54) is 5.56 Å². The van der Waals surface area contributed by atoms with E-state index in [1.54, 1.807) is 0 Å². The number of nitrogens with zero attached hydrogens (tertiary/aromatic N) is 1. The largest absolute Gasteiger partial charge is 0.455 e. The zero-order valence-electron chi connectivity index (χ0n) is 8.23. The molecule has 0 aliphatic carbocycles. The second kappa shape index (κ2) is 4.13. The van der Waals surface area contributed by atoms with Gasteiger partial charge in [0.05, 0.1) is 6.54 Å². The number of rotatable bonds is 2. The lowest BCUT2D eigenvalue weighted by atomic mass is 10.1. The van der Waals surface area contributed by atoms with Gasteiger partial charge < -0.3 is 10.1 Å². The van der Waals surface area contributed by atoms with Crippen molar-refractivity contribution in [3.8, 4) is 0 Å². The normalized spacial score (nSPS) is 20.1. The molecule has 74 valence electrons. The molecule has 0 amide bonds. The standard InChI is InChI=1S/C11H14N2O/c1-2-12-11-13-8-10(14-11)9-6-4-3-5-7-9/h3-7,10H,2,8H2,1H3,(H,12,13). The highest BCUT2D eigenvalue weighted by atomic mass is 16.5. The summed E-state index contributed by atoms with van der Waals surface area (Å²) >= 11 is 0. The van der Waals surface area contributed by atoms with Gasteiger partial charge in [0.1, 0.15) is 6.10 Å². The van der Waals surface area contributed by atoms with E-state index in [-0.39, 0.29) is 6.10 Å². The van der Waals surface area contributed by atoms with Crippen LogP contribution in [0.1, 0.15) is 18.6 Å². The molecular weight excluding hydrogens is 176 g/mol. The first kappa shape index (κ1) is 9.06. The molecule has 0 bridgehead atoms. The summed E-state index contributed by atoms with van der Waals surface area (Å²) in [6, 6.07) is 10.8. The monoisotopic (exact) mass is 190 g/mol. The van der Waals surface area contributed by atoms with E-state index in [1.807, 2.05) is 25.1 Å². The summed E-state index contributed by atoms with van der Waals surface area (Å²) in [4.78, 5) is 4.27. The summed E-state index contributed by atoms with van der Waals surface area (Å²) in [5, 5.41) is 3.07. The van der Waals surface area contributed by atoms with Crippen LogP contribution in [0, 0.1) is 0 Å². The number of benzene rings is 1. The second-order valence-electron chi connectivity index (χ2n) is 3.19. The summed E-state index contributed by atoms with van der Waals surface area (Å²) in [6.07, 6.45) is 0.0882. The van der Waals surface area contributed by atoms with Gasteiger partial charge in [-0.25, -0.2) is 4.99 Å². The van der Waals surface area contributed by atoms with Gasteiger partial charge in [0.15, 0.2) is 0 Å². The predicted octanol–water partition coefficient (Wildman–Crippen LogP) is 1.72. The summed E-state index contributed by atoms with van der Waals surface area (Å²) in [6.45, 7) is 3.59. The Bertz CT molecular complexity index is 321. The summed E-state index contributed by atoms with van der Waals surface area (Å²) in [5.74, 6) is 0. The number of amidine groups is 1. The third kappa shape index (κ3) is 1.87. The van der Waals surface area contributed by atoms with Crippen molar-refractivity contribution in [1.82, 2.24) is 5.32 Å². The molecule has 3 nitrogen and oxygen atoms in total. The Kier molecular flexibility index (Phi) is 2.68. The number of hydrogen-bond acceptors (Lipinski definition) is 3. The molecule has 0 radical (unpaired) electrons. The lowest BCUT2D eigenvalue weighted by molar-refractivity contribution is 0.220. The van der Waals surface area contributed by atoms with Crippen LogP contribution in [0.4, 0.5) is 0 Å². The number of nitrogens with one attached hydrogen (secondary N) is 1. The minimum atomic E-state index is 0.0882. The van der Waals surface area contributed by atoms with Crippen LogP contribution in [0.2, 0.25) is 0 Å². The maximum Gasteiger partial charge on any atom is 0.285 e. The Hall–Kier alpha value is -1.51. The third-order valence-electron chi connectivity index (χ3n) is 2.15. The molecule has 1 aromatic rings. The Balaban J connectivity index is 1.99. The lowest BCUT2D eigenvalue weighted by Crippen LogP contribution is -2.23. The molecule has 1 aliphatic rings. The molecule has 0 fully saturated rings. The van der Waals surface area contributed by atoms with E-state index in [0.29, 0.717) is 12.6 Å². The van der Waals surface area contributed by atoms with Crippen molar-refractivity contribution in [1.29, 1.82) is 0 Å². The Morgan fingerprint density at radius 2 is 2.21 bits per heavy atom. The van der Waals surface area contributed by atoms with E-state index in [9.17, 15) is 0 Å². The highest BCUT2D eigenvalue weighted by molar-refractivity contribution is 5.75. The van der Waals surface area contributed by atoms with Gasteiger partial charge in [0.2, 0.25) is 0 Å². The molecule has 1 N–H and O–H groups in total. The van der Waals surface area contributed by atoms with E-state index in [4.69, 9.17) is 4.74 Å². The molecule has 1 aromatic carbocycles. The van der Waals surface area contributed by atoms with Gasteiger partial charge in [-0.1, -0.05) is 30.3 Å². The molecule has 14 heavy (non-hydrogen) atoms. The van der Waals surface area contributed by atoms with Gasteiger partial charge in [-0.15, -0.1) is 0 Å². The Morgan fingerprint density at radius 3 is 2.93 bits per heavy atom. The van der Waals surface area contributed by atoms with Crippen LogP contribution in [0.3, 0.4) is 0 Å². The fourth-order valence-electron chi connectivity index (χ4n) is 1.47. The number of ether oxygens (including phenoxy) is 1. The molecule has 0 saturated carbocycles. The lowest BCUT2D eigenvalue weighted by Gasteiger charge is -2.11. The molecule has 1 heterocycles. The molecule has 2 rings (SSSR count). The van der Waals surface area contributed by atoms with Crippen LogP contribution in [0.15, 0.2) is 35.3 Å². The molecule has 0 saturated heterocycles. The molecule has 0 spiro atoms. The average Bonchev–Trinajstić information content (AvgIpc) is 2.68. The zero-order valence-corrected chi connectivity index (χ0v) is 8.23. The van der Waals surface area contributed by atoms with Crippen molar-refractivity contribution in [2.75, 3.05) is 13.1 Å². The fourth-order valence-corrected chi connectivity index (χ4v) is 1.47. The maximum absolute atomic E-state index is 5.63. The quantitative estimate of drug-likeness (QED) is 0.770. The minimum absolute atomic E-state index is 0.0882.